The molecule has 1 saturated heterocycles. The summed E-state index contributed by atoms with van der Waals surface area (Å²) in [6.07, 6.45) is 0.0416. The number of sulfonamides is 1. The Balaban J connectivity index is 1.99. The summed E-state index contributed by atoms with van der Waals surface area (Å²) in [5.41, 5.74) is 0.276. The van der Waals surface area contributed by atoms with Crippen molar-refractivity contribution in [1.29, 1.82) is 0 Å². The lowest BCUT2D eigenvalue weighted by Gasteiger charge is -2.16. The van der Waals surface area contributed by atoms with Gasteiger partial charge in [0, 0.05) is 25.6 Å². The number of benzene rings is 1. The average molecular weight is 304 g/mol. The van der Waals surface area contributed by atoms with Crippen LogP contribution in [0.1, 0.15) is 12.0 Å². The molecular formula is C12H14F2N2O3S. The lowest BCUT2D eigenvalue weighted by molar-refractivity contribution is -0.127. The molecule has 0 aromatic heterocycles. The van der Waals surface area contributed by atoms with Crippen molar-refractivity contribution in [3.63, 3.8) is 0 Å². The molecule has 0 bridgehead atoms. The molecule has 1 amide bonds. The Hall–Kier alpha value is -1.54. The molecule has 20 heavy (non-hydrogen) atoms. The lowest BCUT2D eigenvalue weighted by Crippen LogP contribution is -2.33. The number of halogens is 2. The summed E-state index contributed by atoms with van der Waals surface area (Å²) >= 11 is 0. The molecule has 5 nitrogen and oxygen atoms in total. The highest BCUT2D eigenvalue weighted by atomic mass is 32.2. The van der Waals surface area contributed by atoms with Crippen LogP contribution in [-0.2, 0) is 21.2 Å². The molecule has 2 rings (SSSR count). The fourth-order valence-electron chi connectivity index (χ4n) is 2.15. The fraction of sp³-hybridized carbons (Fsp3) is 0.417. The molecule has 1 aliphatic rings. The highest BCUT2D eigenvalue weighted by molar-refractivity contribution is 7.89. The van der Waals surface area contributed by atoms with Crippen molar-refractivity contribution in [3.8, 4) is 0 Å². The van der Waals surface area contributed by atoms with E-state index in [0.29, 0.717) is 0 Å². The number of hydrogen-bond acceptors (Lipinski definition) is 3. The number of hydrogen-bond donors (Lipinski definition) is 1. The van der Waals surface area contributed by atoms with E-state index in [1.165, 1.54) is 11.0 Å². The van der Waals surface area contributed by atoms with Crippen LogP contribution in [0.3, 0.4) is 0 Å². The van der Waals surface area contributed by atoms with Crippen molar-refractivity contribution < 1.29 is 22.0 Å². The first-order valence-electron chi connectivity index (χ1n) is 6.00. The fourth-order valence-corrected chi connectivity index (χ4v) is 2.91. The van der Waals surface area contributed by atoms with Crippen molar-refractivity contribution in [2.24, 2.45) is 5.14 Å². The quantitative estimate of drug-likeness (QED) is 0.874. The van der Waals surface area contributed by atoms with Gasteiger partial charge in [0.05, 0.1) is 0 Å². The standard InChI is InChI=1S/C12H14F2N2O3S/c13-9-2-1-8(11(14)5-9)3-4-16-7-10(6-12(16)17)20(15,18)19/h1-2,5,10H,3-4,6-7H2,(H2,15,18,19). The van der Waals surface area contributed by atoms with Gasteiger partial charge in [0.25, 0.3) is 0 Å². The van der Waals surface area contributed by atoms with Gasteiger partial charge in [0.2, 0.25) is 15.9 Å². The van der Waals surface area contributed by atoms with Crippen molar-refractivity contribution in [1.82, 2.24) is 4.90 Å². The van der Waals surface area contributed by atoms with Crippen LogP contribution in [0.25, 0.3) is 0 Å². The first kappa shape index (κ1) is 14.9. The van der Waals surface area contributed by atoms with E-state index in [9.17, 15) is 22.0 Å². The molecule has 1 heterocycles. The van der Waals surface area contributed by atoms with Gasteiger partial charge in [-0.3, -0.25) is 4.79 Å². The number of amides is 1. The van der Waals surface area contributed by atoms with Crippen molar-refractivity contribution in [2.45, 2.75) is 18.1 Å². The number of likely N-dealkylation sites (tertiary alicyclic amines) is 1. The van der Waals surface area contributed by atoms with Crippen LogP contribution in [0.2, 0.25) is 0 Å². The molecule has 1 aliphatic heterocycles. The Morgan fingerprint density at radius 3 is 2.60 bits per heavy atom. The number of carbonyl (C=O) groups is 1. The van der Waals surface area contributed by atoms with Crippen LogP contribution >= 0.6 is 0 Å². The topological polar surface area (TPSA) is 80.5 Å². The monoisotopic (exact) mass is 304 g/mol. The summed E-state index contributed by atoms with van der Waals surface area (Å²) in [5, 5.41) is 4.10. The zero-order valence-corrected chi connectivity index (χ0v) is 11.4. The third kappa shape index (κ3) is 3.31. The molecule has 1 unspecified atom stereocenters. The number of rotatable bonds is 4. The van der Waals surface area contributed by atoms with Gasteiger partial charge in [0.15, 0.2) is 0 Å². The maximum atomic E-state index is 13.4. The minimum Gasteiger partial charge on any atom is -0.341 e. The van der Waals surface area contributed by atoms with Gasteiger partial charge < -0.3 is 4.90 Å². The predicted molar refractivity (Wildman–Crippen MR) is 68.2 cm³/mol. The first-order chi connectivity index (χ1) is 9.27. The number of nitrogens with two attached hydrogens (primary N) is 1. The van der Waals surface area contributed by atoms with Gasteiger partial charge in [-0.2, -0.15) is 0 Å². The molecule has 1 fully saturated rings. The van der Waals surface area contributed by atoms with E-state index >= 15 is 0 Å². The van der Waals surface area contributed by atoms with E-state index in [1.54, 1.807) is 0 Å². The average Bonchev–Trinajstić information content (AvgIpc) is 2.69. The first-order valence-corrected chi connectivity index (χ1v) is 7.61. The van der Waals surface area contributed by atoms with Gasteiger partial charge in [-0.1, -0.05) is 6.07 Å². The molecule has 0 aliphatic carbocycles. The summed E-state index contributed by atoms with van der Waals surface area (Å²) in [5.74, 6) is -1.68. The van der Waals surface area contributed by atoms with Gasteiger partial charge in [0.1, 0.15) is 16.9 Å². The Bertz CT molecular complexity index is 634. The molecule has 2 N–H and O–H groups in total. The Labute approximate surface area is 115 Å². The van der Waals surface area contributed by atoms with Crippen LogP contribution in [0.5, 0.6) is 0 Å². The van der Waals surface area contributed by atoms with Crippen LogP contribution in [0, 0.1) is 11.6 Å². The van der Waals surface area contributed by atoms with E-state index in [4.69, 9.17) is 5.14 Å². The van der Waals surface area contributed by atoms with E-state index in [-0.39, 0.29) is 37.4 Å². The third-order valence-corrected chi connectivity index (χ3v) is 4.55. The maximum absolute atomic E-state index is 13.4. The molecule has 1 atom stereocenters. The number of nitrogens with zero attached hydrogens (tertiary/aromatic N) is 1. The van der Waals surface area contributed by atoms with E-state index in [0.717, 1.165) is 12.1 Å². The highest BCUT2D eigenvalue weighted by Gasteiger charge is 2.36. The highest BCUT2D eigenvalue weighted by Crippen LogP contribution is 2.18. The summed E-state index contributed by atoms with van der Waals surface area (Å²) in [6.45, 7) is 0.188. The summed E-state index contributed by atoms with van der Waals surface area (Å²) in [6, 6.07) is 3.22. The second kappa shape index (κ2) is 5.45. The number of carbonyl (C=O) groups excluding carboxylic acids is 1. The minimum atomic E-state index is -3.75. The molecule has 8 heteroatoms. The van der Waals surface area contributed by atoms with Crippen LogP contribution in [-0.4, -0.2) is 37.6 Å². The second-order valence-electron chi connectivity index (χ2n) is 4.74. The second-order valence-corrected chi connectivity index (χ2v) is 6.59. The Morgan fingerprint density at radius 2 is 2.05 bits per heavy atom. The molecule has 0 spiro atoms. The lowest BCUT2D eigenvalue weighted by atomic mass is 10.1. The SMILES string of the molecule is NS(=O)(=O)C1CC(=O)N(CCc2ccc(F)cc2F)C1. The smallest absolute Gasteiger partial charge is 0.224 e. The van der Waals surface area contributed by atoms with Gasteiger partial charge in [-0.25, -0.2) is 22.3 Å². The van der Waals surface area contributed by atoms with Gasteiger partial charge in [-0.15, -0.1) is 0 Å². The predicted octanol–water partition coefficient (Wildman–Crippen LogP) is 0.397. The van der Waals surface area contributed by atoms with E-state index < -0.39 is 26.9 Å². The molecular weight excluding hydrogens is 290 g/mol. The zero-order chi connectivity index (χ0) is 14.9. The molecule has 0 radical (unpaired) electrons. The molecule has 110 valence electrons. The van der Waals surface area contributed by atoms with Crippen molar-refractivity contribution in [2.75, 3.05) is 13.1 Å². The van der Waals surface area contributed by atoms with E-state index in [2.05, 4.69) is 0 Å². The van der Waals surface area contributed by atoms with Crippen LogP contribution in [0.4, 0.5) is 8.78 Å². The van der Waals surface area contributed by atoms with Crippen LogP contribution in [0.15, 0.2) is 18.2 Å². The third-order valence-electron chi connectivity index (χ3n) is 3.31. The normalized spacial score (nSPS) is 19.6. The van der Waals surface area contributed by atoms with Gasteiger partial charge >= 0.3 is 0 Å². The summed E-state index contributed by atoms with van der Waals surface area (Å²) in [4.78, 5) is 13.0. The molecule has 0 saturated carbocycles. The minimum absolute atomic E-state index is 0.0144. The van der Waals surface area contributed by atoms with Crippen molar-refractivity contribution >= 4 is 15.9 Å². The van der Waals surface area contributed by atoms with E-state index in [1.807, 2.05) is 0 Å². The summed E-state index contributed by atoms with van der Waals surface area (Å²) in [7, 11) is -3.75. The van der Waals surface area contributed by atoms with Gasteiger partial charge in [-0.05, 0) is 18.1 Å². The largest absolute Gasteiger partial charge is 0.341 e. The van der Waals surface area contributed by atoms with Crippen molar-refractivity contribution in [3.05, 3.63) is 35.4 Å². The number of primary sulfonamides is 1. The molecule has 1 aromatic rings. The maximum Gasteiger partial charge on any atom is 0.224 e. The molecule has 1 aromatic carbocycles. The zero-order valence-electron chi connectivity index (χ0n) is 10.6. The van der Waals surface area contributed by atoms with Crippen LogP contribution < -0.4 is 5.14 Å². The summed E-state index contributed by atoms with van der Waals surface area (Å²) < 4.78 is 48.6. The Morgan fingerprint density at radius 1 is 1.35 bits per heavy atom. The Kier molecular flexibility index (Phi) is 4.05.